The third-order valence-electron chi connectivity index (χ3n) is 2.63. The van der Waals surface area contributed by atoms with Gasteiger partial charge >= 0.3 is 0 Å². The zero-order valence-corrected chi connectivity index (χ0v) is 12.8. The van der Waals surface area contributed by atoms with Crippen LogP contribution in [-0.4, -0.2) is 14.7 Å². The van der Waals surface area contributed by atoms with Crippen molar-refractivity contribution in [2.75, 3.05) is 16.3 Å². The Kier molecular flexibility index (Phi) is 4.69. The average molecular weight is 329 g/mol. The van der Waals surface area contributed by atoms with Gasteiger partial charge < -0.3 is 5.32 Å². The fourth-order valence-corrected chi connectivity index (χ4v) is 2.66. The molecule has 4 nitrogen and oxygen atoms in total. The number of anilines is 2. The summed E-state index contributed by atoms with van der Waals surface area (Å²) in [6.45, 7) is 0.319. The summed E-state index contributed by atoms with van der Waals surface area (Å²) in [6.07, 6.45) is 1.08. The van der Waals surface area contributed by atoms with Crippen molar-refractivity contribution in [2.24, 2.45) is 0 Å². The van der Waals surface area contributed by atoms with Crippen LogP contribution in [0.1, 0.15) is 5.56 Å². The minimum Gasteiger partial charge on any atom is -0.379 e. The molecule has 0 unspecified atom stereocenters. The van der Waals surface area contributed by atoms with Gasteiger partial charge in [0.05, 0.1) is 17.6 Å². The van der Waals surface area contributed by atoms with Gasteiger partial charge in [0.1, 0.15) is 5.82 Å². The summed E-state index contributed by atoms with van der Waals surface area (Å²) in [5.74, 6) is -0.415. The highest BCUT2D eigenvalue weighted by atomic mass is 35.5. The van der Waals surface area contributed by atoms with Crippen molar-refractivity contribution in [1.82, 2.24) is 0 Å². The minimum absolute atomic E-state index is 0.314. The molecular formula is C14H14ClFN2O2S. The highest BCUT2D eigenvalue weighted by Gasteiger charge is 2.07. The van der Waals surface area contributed by atoms with E-state index in [9.17, 15) is 12.8 Å². The maximum atomic E-state index is 13.3. The summed E-state index contributed by atoms with van der Waals surface area (Å²) in [6, 6.07) is 11.1. The van der Waals surface area contributed by atoms with Crippen LogP contribution in [0, 0.1) is 5.82 Å². The van der Waals surface area contributed by atoms with E-state index in [1.54, 1.807) is 30.3 Å². The van der Waals surface area contributed by atoms with Crippen molar-refractivity contribution >= 4 is 33.0 Å². The van der Waals surface area contributed by atoms with E-state index in [0.29, 0.717) is 28.5 Å². The molecule has 0 aliphatic rings. The lowest BCUT2D eigenvalue weighted by atomic mass is 10.2. The van der Waals surface area contributed by atoms with Gasteiger partial charge in [-0.25, -0.2) is 12.8 Å². The van der Waals surface area contributed by atoms with E-state index in [2.05, 4.69) is 10.0 Å². The molecule has 21 heavy (non-hydrogen) atoms. The van der Waals surface area contributed by atoms with Gasteiger partial charge in [-0.05, 0) is 35.9 Å². The molecule has 0 atom stereocenters. The van der Waals surface area contributed by atoms with E-state index in [1.807, 2.05) is 0 Å². The SMILES string of the molecule is CS(=O)(=O)Nc1ccccc1NCc1cc(F)cc(Cl)c1. The van der Waals surface area contributed by atoms with Gasteiger partial charge in [-0.1, -0.05) is 23.7 Å². The molecule has 0 aliphatic heterocycles. The van der Waals surface area contributed by atoms with Crippen LogP contribution >= 0.6 is 11.6 Å². The quantitative estimate of drug-likeness (QED) is 0.883. The molecule has 2 aromatic carbocycles. The van der Waals surface area contributed by atoms with Gasteiger partial charge in [-0.3, -0.25) is 4.72 Å². The van der Waals surface area contributed by atoms with Crippen molar-refractivity contribution in [3.63, 3.8) is 0 Å². The van der Waals surface area contributed by atoms with Crippen LogP contribution in [0.3, 0.4) is 0 Å². The van der Waals surface area contributed by atoms with E-state index in [4.69, 9.17) is 11.6 Å². The van der Waals surface area contributed by atoms with Crippen molar-refractivity contribution in [3.05, 3.63) is 58.9 Å². The van der Waals surface area contributed by atoms with Crippen molar-refractivity contribution in [1.29, 1.82) is 0 Å². The fraction of sp³-hybridized carbons (Fsp3) is 0.143. The molecule has 0 spiro atoms. The first-order valence-corrected chi connectivity index (χ1v) is 8.36. The summed E-state index contributed by atoms with van der Waals surface area (Å²) in [4.78, 5) is 0. The fourth-order valence-electron chi connectivity index (χ4n) is 1.84. The first-order valence-electron chi connectivity index (χ1n) is 6.09. The molecule has 112 valence electrons. The van der Waals surface area contributed by atoms with Gasteiger partial charge in [0.2, 0.25) is 10.0 Å². The predicted molar refractivity (Wildman–Crippen MR) is 83.6 cm³/mol. The number of halogens is 2. The minimum atomic E-state index is -3.37. The molecule has 0 saturated carbocycles. The van der Waals surface area contributed by atoms with Crippen LogP contribution in [0.5, 0.6) is 0 Å². The van der Waals surface area contributed by atoms with E-state index >= 15 is 0 Å². The third-order valence-corrected chi connectivity index (χ3v) is 3.44. The van der Waals surface area contributed by atoms with Crippen molar-refractivity contribution in [3.8, 4) is 0 Å². The number of rotatable bonds is 5. The Morgan fingerprint density at radius 2 is 1.81 bits per heavy atom. The molecule has 0 aliphatic carbocycles. The molecule has 2 N–H and O–H groups in total. The molecular weight excluding hydrogens is 315 g/mol. The number of hydrogen-bond acceptors (Lipinski definition) is 3. The standard InChI is InChI=1S/C14H14ClFN2O2S/c1-21(19,20)18-14-5-3-2-4-13(14)17-9-10-6-11(15)8-12(16)7-10/h2-8,17-18H,9H2,1H3. The van der Waals surface area contributed by atoms with Crippen LogP contribution in [-0.2, 0) is 16.6 Å². The normalized spacial score (nSPS) is 11.2. The van der Waals surface area contributed by atoms with E-state index in [0.717, 1.165) is 6.26 Å². The van der Waals surface area contributed by atoms with Gasteiger partial charge in [0.15, 0.2) is 0 Å². The Bertz CT molecular complexity index is 730. The average Bonchev–Trinajstić information content (AvgIpc) is 2.35. The number of hydrogen-bond donors (Lipinski definition) is 2. The highest BCUT2D eigenvalue weighted by Crippen LogP contribution is 2.23. The zero-order valence-electron chi connectivity index (χ0n) is 11.2. The summed E-state index contributed by atoms with van der Waals surface area (Å²) in [5.41, 5.74) is 1.69. The summed E-state index contributed by atoms with van der Waals surface area (Å²) in [5, 5.41) is 3.37. The molecule has 7 heteroatoms. The first-order chi connectivity index (χ1) is 9.83. The predicted octanol–water partition coefficient (Wildman–Crippen LogP) is 3.46. The van der Waals surface area contributed by atoms with Gasteiger partial charge in [-0.2, -0.15) is 0 Å². The Balaban J connectivity index is 2.16. The molecule has 0 saturated heterocycles. The lowest BCUT2D eigenvalue weighted by Crippen LogP contribution is -2.12. The molecule has 0 aromatic heterocycles. The molecule has 0 bridgehead atoms. The van der Waals surface area contributed by atoms with Gasteiger partial charge in [0, 0.05) is 11.6 Å². The first kappa shape index (κ1) is 15.6. The highest BCUT2D eigenvalue weighted by molar-refractivity contribution is 7.92. The summed E-state index contributed by atoms with van der Waals surface area (Å²) < 4.78 is 38.3. The Morgan fingerprint density at radius 1 is 1.14 bits per heavy atom. The van der Waals surface area contributed by atoms with Gasteiger partial charge in [0.25, 0.3) is 0 Å². The lowest BCUT2D eigenvalue weighted by molar-refractivity contribution is 0.607. The van der Waals surface area contributed by atoms with Crippen LogP contribution in [0.25, 0.3) is 0 Å². The second kappa shape index (κ2) is 6.32. The monoisotopic (exact) mass is 328 g/mol. The Hall–Kier alpha value is -1.79. The van der Waals surface area contributed by atoms with Crippen LogP contribution in [0.4, 0.5) is 15.8 Å². The molecule has 0 radical (unpaired) electrons. The summed E-state index contributed by atoms with van der Waals surface area (Å²) in [7, 11) is -3.37. The lowest BCUT2D eigenvalue weighted by Gasteiger charge is -2.13. The van der Waals surface area contributed by atoms with Crippen LogP contribution in [0.2, 0.25) is 5.02 Å². The molecule has 2 aromatic rings. The second-order valence-corrected chi connectivity index (χ2v) is 6.74. The Morgan fingerprint density at radius 3 is 2.43 bits per heavy atom. The largest absolute Gasteiger partial charge is 0.379 e. The maximum Gasteiger partial charge on any atom is 0.229 e. The summed E-state index contributed by atoms with van der Waals surface area (Å²) >= 11 is 5.79. The van der Waals surface area contributed by atoms with E-state index in [-0.39, 0.29) is 0 Å². The molecule has 0 heterocycles. The smallest absolute Gasteiger partial charge is 0.229 e. The number of para-hydroxylation sites is 2. The number of nitrogens with one attached hydrogen (secondary N) is 2. The second-order valence-electron chi connectivity index (χ2n) is 4.55. The molecule has 0 fully saturated rings. The topological polar surface area (TPSA) is 58.2 Å². The van der Waals surface area contributed by atoms with E-state index in [1.165, 1.54) is 12.1 Å². The van der Waals surface area contributed by atoms with Crippen molar-refractivity contribution < 1.29 is 12.8 Å². The van der Waals surface area contributed by atoms with Crippen LogP contribution in [0.15, 0.2) is 42.5 Å². The molecule has 2 rings (SSSR count). The zero-order chi connectivity index (χ0) is 15.5. The third kappa shape index (κ3) is 4.91. The number of sulfonamides is 1. The Labute approximate surface area is 128 Å². The van der Waals surface area contributed by atoms with Crippen LogP contribution < -0.4 is 10.0 Å². The molecule has 0 amide bonds. The van der Waals surface area contributed by atoms with E-state index < -0.39 is 15.8 Å². The van der Waals surface area contributed by atoms with Gasteiger partial charge in [-0.15, -0.1) is 0 Å². The number of benzene rings is 2. The maximum absolute atomic E-state index is 13.3. The van der Waals surface area contributed by atoms with Crippen molar-refractivity contribution in [2.45, 2.75) is 6.54 Å².